The summed E-state index contributed by atoms with van der Waals surface area (Å²) in [5.41, 5.74) is 0. The number of hydrogen-bond acceptors (Lipinski definition) is 6. The molecule has 0 aromatic carbocycles. The first-order chi connectivity index (χ1) is 10.8. The molecule has 1 unspecified atom stereocenters. The second-order valence-corrected chi connectivity index (χ2v) is 6.70. The van der Waals surface area contributed by atoms with Gasteiger partial charge in [-0.3, -0.25) is 14.1 Å². The van der Waals surface area contributed by atoms with Gasteiger partial charge in [-0.15, -0.1) is 0 Å². The number of carbonyl (C=O) groups is 2. The highest BCUT2D eigenvalue weighted by Gasteiger charge is 2.35. The first kappa shape index (κ1) is 21.6. The van der Waals surface area contributed by atoms with Crippen molar-refractivity contribution in [1.29, 1.82) is 0 Å². The standard InChI is InChI=1S/C15H26O7S/c1-3-5-6-7-8-9-11-21-14(16)12-13(23(18,19)20)15(17)22-10-4-2/h4,10,13H,3,5-9,11-12H2,1-2H3,(H,18,19,20)/b10-4+. The molecule has 0 aliphatic heterocycles. The molecule has 0 saturated carbocycles. The number of hydrogen-bond donors (Lipinski definition) is 1. The van der Waals surface area contributed by atoms with Crippen LogP contribution in [0.5, 0.6) is 0 Å². The average Bonchev–Trinajstić information content (AvgIpc) is 2.48. The molecular formula is C15H26O7S. The molecule has 1 N–H and O–H groups in total. The minimum Gasteiger partial charge on any atom is -0.466 e. The molecule has 0 fully saturated rings. The van der Waals surface area contributed by atoms with Crippen molar-refractivity contribution in [2.75, 3.05) is 6.61 Å². The van der Waals surface area contributed by atoms with Gasteiger partial charge in [-0.05, 0) is 13.3 Å². The zero-order chi connectivity index (χ0) is 17.7. The van der Waals surface area contributed by atoms with Gasteiger partial charge in [-0.25, -0.2) is 0 Å². The van der Waals surface area contributed by atoms with E-state index in [1.54, 1.807) is 6.92 Å². The van der Waals surface area contributed by atoms with Crippen LogP contribution >= 0.6 is 0 Å². The van der Waals surface area contributed by atoms with Crippen molar-refractivity contribution in [2.24, 2.45) is 0 Å². The fourth-order valence-corrected chi connectivity index (χ4v) is 2.45. The van der Waals surface area contributed by atoms with E-state index in [0.717, 1.165) is 31.9 Å². The van der Waals surface area contributed by atoms with Gasteiger partial charge in [0.15, 0.2) is 5.25 Å². The highest BCUT2D eigenvalue weighted by Crippen LogP contribution is 2.10. The van der Waals surface area contributed by atoms with Crippen LogP contribution in [-0.4, -0.2) is 36.8 Å². The number of allylic oxidation sites excluding steroid dienone is 1. The molecule has 0 amide bonds. The van der Waals surface area contributed by atoms with Crippen LogP contribution in [0.2, 0.25) is 0 Å². The summed E-state index contributed by atoms with van der Waals surface area (Å²) < 4.78 is 40.8. The van der Waals surface area contributed by atoms with Crippen LogP contribution in [-0.2, 0) is 29.2 Å². The van der Waals surface area contributed by atoms with Crippen LogP contribution in [0.3, 0.4) is 0 Å². The van der Waals surface area contributed by atoms with Crippen molar-refractivity contribution >= 4 is 22.1 Å². The van der Waals surface area contributed by atoms with Crippen molar-refractivity contribution in [3.63, 3.8) is 0 Å². The molecule has 8 heteroatoms. The normalized spacial score (nSPS) is 13.0. The van der Waals surface area contributed by atoms with E-state index >= 15 is 0 Å². The van der Waals surface area contributed by atoms with Gasteiger partial charge in [0.25, 0.3) is 10.1 Å². The van der Waals surface area contributed by atoms with Crippen molar-refractivity contribution in [1.82, 2.24) is 0 Å². The molecule has 0 saturated heterocycles. The van der Waals surface area contributed by atoms with Crippen LogP contribution in [0.4, 0.5) is 0 Å². The predicted molar refractivity (Wildman–Crippen MR) is 85.2 cm³/mol. The second kappa shape index (κ2) is 12.1. The number of rotatable bonds is 12. The van der Waals surface area contributed by atoms with Crippen molar-refractivity contribution in [2.45, 2.75) is 64.0 Å². The van der Waals surface area contributed by atoms with Crippen molar-refractivity contribution in [3.05, 3.63) is 12.3 Å². The Morgan fingerprint density at radius 2 is 1.74 bits per heavy atom. The third kappa shape index (κ3) is 10.9. The summed E-state index contributed by atoms with van der Waals surface area (Å²) >= 11 is 0. The van der Waals surface area contributed by atoms with Gasteiger partial charge in [-0.1, -0.05) is 45.1 Å². The van der Waals surface area contributed by atoms with Gasteiger partial charge in [0.2, 0.25) is 0 Å². The lowest BCUT2D eigenvalue weighted by Gasteiger charge is -2.11. The van der Waals surface area contributed by atoms with Gasteiger partial charge >= 0.3 is 11.9 Å². The molecule has 7 nitrogen and oxygen atoms in total. The number of carbonyl (C=O) groups excluding carboxylic acids is 2. The van der Waals surface area contributed by atoms with Crippen LogP contribution in [0, 0.1) is 0 Å². The fourth-order valence-electron chi connectivity index (χ4n) is 1.80. The van der Waals surface area contributed by atoms with Gasteiger partial charge in [0, 0.05) is 0 Å². The molecule has 1 atom stereocenters. The Bertz CT molecular complexity index is 482. The number of ether oxygens (including phenoxy) is 2. The van der Waals surface area contributed by atoms with E-state index in [9.17, 15) is 18.0 Å². The first-order valence-electron chi connectivity index (χ1n) is 7.76. The van der Waals surface area contributed by atoms with E-state index in [1.807, 2.05) is 0 Å². The van der Waals surface area contributed by atoms with Crippen LogP contribution in [0.1, 0.15) is 58.8 Å². The summed E-state index contributed by atoms with van der Waals surface area (Å²) in [5.74, 6) is -2.08. The van der Waals surface area contributed by atoms with Crippen LogP contribution in [0.25, 0.3) is 0 Å². The molecule has 0 heterocycles. The maximum Gasteiger partial charge on any atom is 0.332 e. The quantitative estimate of drug-likeness (QED) is 0.249. The van der Waals surface area contributed by atoms with E-state index in [4.69, 9.17) is 9.29 Å². The Labute approximate surface area is 137 Å². The molecule has 134 valence electrons. The lowest BCUT2D eigenvalue weighted by atomic mass is 10.1. The largest absolute Gasteiger partial charge is 0.466 e. The molecule has 23 heavy (non-hydrogen) atoms. The Morgan fingerprint density at radius 3 is 2.30 bits per heavy atom. The lowest BCUT2D eigenvalue weighted by molar-refractivity contribution is -0.147. The van der Waals surface area contributed by atoms with Gasteiger partial charge in [0.05, 0.1) is 19.3 Å². The molecule has 0 radical (unpaired) electrons. The Hall–Kier alpha value is -1.41. The highest BCUT2D eigenvalue weighted by molar-refractivity contribution is 7.87. The number of esters is 2. The van der Waals surface area contributed by atoms with Crippen LogP contribution in [0.15, 0.2) is 12.3 Å². The summed E-state index contributed by atoms with van der Waals surface area (Å²) in [4.78, 5) is 23.1. The maximum atomic E-state index is 11.6. The molecule has 0 aliphatic rings. The van der Waals surface area contributed by atoms with E-state index in [1.165, 1.54) is 12.5 Å². The van der Waals surface area contributed by atoms with Gasteiger partial charge < -0.3 is 9.47 Å². The zero-order valence-corrected chi connectivity index (χ0v) is 14.5. The topological polar surface area (TPSA) is 107 Å². The molecule has 0 aromatic rings. The summed E-state index contributed by atoms with van der Waals surface area (Å²) in [5, 5.41) is -1.98. The monoisotopic (exact) mass is 350 g/mol. The zero-order valence-electron chi connectivity index (χ0n) is 13.7. The Morgan fingerprint density at radius 1 is 1.13 bits per heavy atom. The van der Waals surface area contributed by atoms with Gasteiger partial charge in [0.1, 0.15) is 0 Å². The molecular weight excluding hydrogens is 324 g/mol. The highest BCUT2D eigenvalue weighted by atomic mass is 32.2. The molecule has 0 rings (SSSR count). The fraction of sp³-hybridized carbons (Fsp3) is 0.733. The van der Waals surface area contributed by atoms with Crippen molar-refractivity contribution in [3.8, 4) is 0 Å². The van der Waals surface area contributed by atoms with E-state index in [2.05, 4.69) is 11.7 Å². The smallest absolute Gasteiger partial charge is 0.332 e. The minimum absolute atomic E-state index is 0.160. The van der Waals surface area contributed by atoms with E-state index in [-0.39, 0.29) is 6.61 Å². The molecule has 0 aliphatic carbocycles. The van der Waals surface area contributed by atoms with Gasteiger partial charge in [-0.2, -0.15) is 8.42 Å². The van der Waals surface area contributed by atoms with E-state index in [0.29, 0.717) is 6.42 Å². The summed E-state index contributed by atoms with van der Waals surface area (Å²) in [6, 6.07) is 0. The number of unbranched alkanes of at least 4 members (excludes halogenated alkanes) is 5. The SMILES string of the molecule is C/C=C/OC(=O)C(CC(=O)OCCCCCCCC)S(=O)(=O)O. The third-order valence-corrected chi connectivity index (χ3v) is 4.13. The Balaban J connectivity index is 4.22. The molecule has 0 bridgehead atoms. The van der Waals surface area contributed by atoms with E-state index < -0.39 is 33.7 Å². The minimum atomic E-state index is -4.74. The second-order valence-electron chi connectivity index (χ2n) is 5.10. The molecule has 0 spiro atoms. The lowest BCUT2D eigenvalue weighted by Crippen LogP contribution is -2.33. The summed E-state index contributed by atoms with van der Waals surface area (Å²) in [6.45, 7) is 3.84. The predicted octanol–water partition coefficient (Wildman–Crippen LogP) is 2.61. The molecule has 0 aromatic heterocycles. The summed E-state index contributed by atoms with van der Waals surface area (Å²) in [6.07, 6.45) is 7.66. The average molecular weight is 350 g/mol. The third-order valence-electron chi connectivity index (χ3n) is 3.06. The van der Waals surface area contributed by atoms with Crippen LogP contribution < -0.4 is 0 Å². The first-order valence-corrected chi connectivity index (χ1v) is 9.26. The Kier molecular flexibility index (Phi) is 11.3. The summed E-state index contributed by atoms with van der Waals surface area (Å²) in [7, 11) is -4.74. The maximum absolute atomic E-state index is 11.6. The van der Waals surface area contributed by atoms with Crippen molar-refractivity contribution < 1.29 is 32.0 Å².